The zero-order chi connectivity index (χ0) is 13.9. The van der Waals surface area contributed by atoms with Crippen LogP contribution in [0.3, 0.4) is 0 Å². The fourth-order valence-corrected chi connectivity index (χ4v) is 2.56. The summed E-state index contributed by atoms with van der Waals surface area (Å²) in [7, 11) is 0. The Balaban J connectivity index is 1.68. The van der Waals surface area contributed by atoms with Gasteiger partial charge in [0.1, 0.15) is 0 Å². The van der Waals surface area contributed by atoms with E-state index in [4.69, 9.17) is 9.47 Å². The van der Waals surface area contributed by atoms with E-state index in [0.29, 0.717) is 23.0 Å². The largest absolute Gasteiger partial charge is 0.454 e. The lowest BCUT2D eigenvalue weighted by molar-refractivity contribution is 0.0954. The maximum absolute atomic E-state index is 12.1. The number of benzene rings is 1. The minimum atomic E-state index is -0.214. The summed E-state index contributed by atoms with van der Waals surface area (Å²) in [5, 5.41) is 4.28. The Labute approximate surface area is 118 Å². The number of carbonyl (C=O) groups is 1. The van der Waals surface area contributed by atoms with Gasteiger partial charge in [-0.15, -0.1) is 0 Å². The highest BCUT2D eigenvalue weighted by atomic mass is 16.7. The van der Waals surface area contributed by atoms with Crippen LogP contribution in [0.1, 0.15) is 43.0 Å². The number of hydrogen-bond acceptors (Lipinski definition) is 4. The van der Waals surface area contributed by atoms with Crippen LogP contribution in [-0.2, 0) is 0 Å². The normalized spacial score (nSPS) is 22.9. The Morgan fingerprint density at radius 1 is 1.30 bits per heavy atom. The van der Waals surface area contributed by atoms with Crippen LogP contribution in [0.5, 0.6) is 11.5 Å². The van der Waals surface area contributed by atoms with Crippen LogP contribution in [0, 0.1) is 5.92 Å². The number of carbonyl (C=O) groups excluding carboxylic acids is 1. The Bertz CT molecular complexity index is 554. The summed E-state index contributed by atoms with van der Waals surface area (Å²) in [4.78, 5) is 12.1. The second-order valence-corrected chi connectivity index (χ2v) is 5.26. The molecule has 0 spiro atoms. The maximum atomic E-state index is 12.1. The van der Waals surface area contributed by atoms with Crippen molar-refractivity contribution in [2.45, 2.75) is 32.6 Å². The highest BCUT2D eigenvalue weighted by Gasteiger charge is 2.18. The molecule has 0 aromatic heterocycles. The van der Waals surface area contributed by atoms with Crippen LogP contribution in [0.2, 0.25) is 0 Å². The molecular formula is C15H18N2O3. The summed E-state index contributed by atoms with van der Waals surface area (Å²) < 4.78 is 10.5. The molecule has 106 valence electrons. The number of ether oxygens (including phenoxy) is 2. The second kappa shape index (κ2) is 5.53. The number of amides is 1. The Morgan fingerprint density at radius 2 is 2.15 bits per heavy atom. The number of fused-ring (bicyclic) bond motifs is 1. The molecule has 1 amide bonds. The number of rotatable bonds is 2. The molecular weight excluding hydrogens is 256 g/mol. The second-order valence-electron chi connectivity index (χ2n) is 5.26. The predicted octanol–water partition coefficient (Wildman–Crippen LogP) is 2.71. The van der Waals surface area contributed by atoms with E-state index in [1.54, 1.807) is 18.2 Å². The van der Waals surface area contributed by atoms with Crippen molar-refractivity contribution in [3.63, 3.8) is 0 Å². The summed E-state index contributed by atoms with van der Waals surface area (Å²) in [6, 6.07) is 5.14. The van der Waals surface area contributed by atoms with E-state index in [0.717, 1.165) is 25.0 Å². The van der Waals surface area contributed by atoms with Gasteiger partial charge in [0.05, 0.1) is 0 Å². The van der Waals surface area contributed by atoms with E-state index >= 15 is 0 Å². The van der Waals surface area contributed by atoms with Crippen LogP contribution in [-0.4, -0.2) is 18.4 Å². The van der Waals surface area contributed by atoms with Crippen molar-refractivity contribution >= 4 is 11.6 Å². The van der Waals surface area contributed by atoms with E-state index < -0.39 is 0 Å². The summed E-state index contributed by atoms with van der Waals surface area (Å²) in [5.41, 5.74) is 4.26. The highest BCUT2D eigenvalue weighted by Crippen LogP contribution is 2.32. The van der Waals surface area contributed by atoms with Crippen LogP contribution in [0.4, 0.5) is 0 Å². The van der Waals surface area contributed by atoms with Gasteiger partial charge < -0.3 is 9.47 Å². The molecule has 5 heteroatoms. The monoisotopic (exact) mass is 274 g/mol. The molecule has 1 fully saturated rings. The molecule has 1 aliphatic heterocycles. The summed E-state index contributed by atoms with van der Waals surface area (Å²) in [6.07, 6.45) is 4.53. The number of nitrogens with one attached hydrogen (secondary N) is 1. The van der Waals surface area contributed by atoms with Gasteiger partial charge in [-0.1, -0.05) is 13.3 Å². The Kier molecular flexibility index (Phi) is 3.58. The van der Waals surface area contributed by atoms with E-state index in [-0.39, 0.29) is 12.7 Å². The molecule has 1 saturated carbocycles. The zero-order valence-corrected chi connectivity index (χ0v) is 11.5. The van der Waals surface area contributed by atoms with Gasteiger partial charge >= 0.3 is 0 Å². The quantitative estimate of drug-likeness (QED) is 0.843. The molecule has 3 rings (SSSR count). The van der Waals surface area contributed by atoms with Crippen LogP contribution in [0.15, 0.2) is 23.3 Å². The zero-order valence-electron chi connectivity index (χ0n) is 11.5. The minimum Gasteiger partial charge on any atom is -0.454 e. The minimum absolute atomic E-state index is 0.209. The highest BCUT2D eigenvalue weighted by molar-refractivity contribution is 5.96. The molecule has 1 N–H and O–H groups in total. The average molecular weight is 274 g/mol. The van der Waals surface area contributed by atoms with E-state index in [2.05, 4.69) is 17.5 Å². The number of hydrazone groups is 1. The first-order valence-electron chi connectivity index (χ1n) is 7.00. The van der Waals surface area contributed by atoms with Crippen LogP contribution in [0.25, 0.3) is 0 Å². The predicted molar refractivity (Wildman–Crippen MR) is 75.1 cm³/mol. The average Bonchev–Trinajstić information content (AvgIpc) is 2.93. The fraction of sp³-hybridized carbons (Fsp3) is 0.467. The number of hydrogen-bond donors (Lipinski definition) is 1. The van der Waals surface area contributed by atoms with Gasteiger partial charge in [-0.2, -0.15) is 5.10 Å². The smallest absolute Gasteiger partial charge is 0.271 e. The molecule has 1 aliphatic carbocycles. The lowest BCUT2D eigenvalue weighted by Crippen LogP contribution is -2.24. The first-order valence-corrected chi connectivity index (χ1v) is 7.00. The van der Waals surface area contributed by atoms with Gasteiger partial charge in [0.2, 0.25) is 6.79 Å². The first-order chi connectivity index (χ1) is 9.74. The third-order valence-corrected chi connectivity index (χ3v) is 3.82. The summed E-state index contributed by atoms with van der Waals surface area (Å²) in [6.45, 7) is 2.37. The van der Waals surface area contributed by atoms with Gasteiger partial charge in [0, 0.05) is 11.3 Å². The van der Waals surface area contributed by atoms with E-state index in [9.17, 15) is 4.79 Å². The first kappa shape index (κ1) is 13.0. The summed E-state index contributed by atoms with van der Waals surface area (Å²) >= 11 is 0. The SMILES string of the molecule is CC1CCCCC1=NNC(=O)c1ccc2c(c1)OCO2. The topological polar surface area (TPSA) is 59.9 Å². The van der Waals surface area contributed by atoms with Gasteiger partial charge in [0.25, 0.3) is 5.91 Å². The molecule has 1 atom stereocenters. The Morgan fingerprint density at radius 3 is 3.00 bits per heavy atom. The molecule has 1 aromatic carbocycles. The van der Waals surface area contributed by atoms with Crippen molar-refractivity contribution in [3.05, 3.63) is 23.8 Å². The molecule has 0 saturated heterocycles. The molecule has 20 heavy (non-hydrogen) atoms. The Hall–Kier alpha value is -2.04. The van der Waals surface area contributed by atoms with Gasteiger partial charge in [-0.3, -0.25) is 4.79 Å². The van der Waals surface area contributed by atoms with Crippen molar-refractivity contribution in [3.8, 4) is 11.5 Å². The van der Waals surface area contributed by atoms with E-state index in [1.165, 1.54) is 6.42 Å². The van der Waals surface area contributed by atoms with Crippen molar-refractivity contribution in [2.24, 2.45) is 11.0 Å². The van der Waals surface area contributed by atoms with Crippen molar-refractivity contribution in [1.82, 2.24) is 5.43 Å². The van der Waals surface area contributed by atoms with Crippen molar-refractivity contribution < 1.29 is 14.3 Å². The molecule has 1 heterocycles. The molecule has 0 radical (unpaired) electrons. The van der Waals surface area contributed by atoms with Crippen LogP contribution < -0.4 is 14.9 Å². The van der Waals surface area contributed by atoms with Gasteiger partial charge in [0.15, 0.2) is 11.5 Å². The molecule has 2 aliphatic rings. The van der Waals surface area contributed by atoms with Crippen molar-refractivity contribution in [2.75, 3.05) is 6.79 Å². The van der Waals surface area contributed by atoms with Gasteiger partial charge in [-0.05, 0) is 43.4 Å². The fourth-order valence-electron chi connectivity index (χ4n) is 2.56. The third kappa shape index (κ3) is 2.61. The summed E-state index contributed by atoms with van der Waals surface area (Å²) in [5.74, 6) is 1.53. The van der Waals surface area contributed by atoms with Crippen molar-refractivity contribution in [1.29, 1.82) is 0 Å². The maximum Gasteiger partial charge on any atom is 0.271 e. The third-order valence-electron chi connectivity index (χ3n) is 3.82. The van der Waals surface area contributed by atoms with Crippen LogP contribution >= 0.6 is 0 Å². The molecule has 0 bridgehead atoms. The molecule has 1 unspecified atom stereocenters. The lowest BCUT2D eigenvalue weighted by Gasteiger charge is -2.19. The molecule has 1 aromatic rings. The standard InChI is InChI=1S/C15H18N2O3/c1-10-4-2-3-5-12(10)16-17-15(18)11-6-7-13-14(8-11)20-9-19-13/h6-8,10H,2-5,9H2,1H3,(H,17,18). The van der Waals surface area contributed by atoms with E-state index in [1.807, 2.05) is 0 Å². The number of nitrogens with zero attached hydrogens (tertiary/aromatic N) is 1. The van der Waals surface area contributed by atoms with Gasteiger partial charge in [-0.25, -0.2) is 5.43 Å². The molecule has 5 nitrogen and oxygen atoms in total. The lowest BCUT2D eigenvalue weighted by atomic mass is 9.89.